The van der Waals surface area contributed by atoms with E-state index in [1.54, 1.807) is 0 Å². The van der Waals surface area contributed by atoms with Crippen LogP contribution in [-0.4, -0.2) is 93.8 Å². The number of aliphatic hydroxyl groups is 3. The maximum atomic E-state index is 11.7. The van der Waals surface area contributed by atoms with E-state index in [9.17, 15) is 29.1 Å². The van der Waals surface area contributed by atoms with E-state index in [0.717, 1.165) is 4.90 Å². The molecule has 2 aliphatic heterocycles. The molecule has 3 unspecified atom stereocenters. The smallest absolute Gasteiger partial charge is 0.328 e. The Kier molecular flexibility index (Phi) is 6.29. The molecule has 0 radical (unpaired) electrons. The van der Waals surface area contributed by atoms with Gasteiger partial charge < -0.3 is 41.9 Å². The van der Waals surface area contributed by atoms with E-state index < -0.39 is 68.7 Å². The van der Waals surface area contributed by atoms with Gasteiger partial charge in [0, 0.05) is 0 Å². The average Bonchev–Trinajstić information content (AvgIpc) is 3.02. The van der Waals surface area contributed by atoms with Crippen LogP contribution in [0.5, 0.6) is 0 Å². The Hall–Kier alpha value is -3.21. The van der Waals surface area contributed by atoms with Crippen LogP contribution in [0.1, 0.15) is 0 Å². The van der Waals surface area contributed by atoms with Crippen LogP contribution in [0, 0.1) is 0 Å². The highest BCUT2D eigenvalue weighted by Crippen LogP contribution is 2.07. The largest absolute Gasteiger partial charge is 0.381 e. The molecule has 27 heavy (non-hydrogen) atoms. The molecule has 2 aliphatic rings. The second-order valence-electron chi connectivity index (χ2n) is 5.23. The summed E-state index contributed by atoms with van der Waals surface area (Å²) in [5, 5.41) is 40.1. The standard InChI is InChI=1S/C11H18N8O8/c20-2-18-4(6(22)16-10(18)26)14-8(24)12-1-13-9(25)15-5-7(23)17-11(27)19(5)3-21/h4-5,10,20-21,26H,1-3H2,(H,16,22)(H2,12,14,24)(H2,13,15,25)(H,17,23,27). The number of amides is 8. The first kappa shape index (κ1) is 20.1. The third-order valence-corrected chi connectivity index (χ3v) is 3.57. The number of nitrogens with one attached hydrogen (secondary N) is 6. The van der Waals surface area contributed by atoms with Crippen LogP contribution in [-0.2, 0) is 9.59 Å². The van der Waals surface area contributed by atoms with Crippen molar-refractivity contribution in [3.05, 3.63) is 0 Å². The summed E-state index contributed by atoms with van der Waals surface area (Å²) < 4.78 is 0. The number of carbonyl (C=O) groups excluding carboxylic acids is 5. The number of imide groups is 1. The van der Waals surface area contributed by atoms with Gasteiger partial charge in [0.05, 0.1) is 6.67 Å². The Bertz CT molecular complexity index is 644. The van der Waals surface area contributed by atoms with Gasteiger partial charge in [0.25, 0.3) is 11.8 Å². The van der Waals surface area contributed by atoms with E-state index in [0.29, 0.717) is 4.90 Å². The van der Waals surface area contributed by atoms with Gasteiger partial charge in [-0.15, -0.1) is 0 Å². The summed E-state index contributed by atoms with van der Waals surface area (Å²) in [6.45, 7) is -1.95. The van der Waals surface area contributed by atoms with E-state index in [1.807, 2.05) is 5.32 Å². The lowest BCUT2D eigenvalue weighted by Crippen LogP contribution is -2.56. The Morgan fingerprint density at radius 2 is 1.56 bits per heavy atom. The van der Waals surface area contributed by atoms with Crippen molar-refractivity contribution in [2.24, 2.45) is 0 Å². The maximum absolute atomic E-state index is 11.7. The topological polar surface area (TPSA) is 225 Å². The third-order valence-electron chi connectivity index (χ3n) is 3.57. The van der Waals surface area contributed by atoms with Crippen LogP contribution in [0.15, 0.2) is 0 Å². The molecule has 0 bridgehead atoms. The zero-order valence-electron chi connectivity index (χ0n) is 13.6. The van der Waals surface area contributed by atoms with Crippen molar-refractivity contribution in [2.45, 2.75) is 18.7 Å². The molecule has 2 heterocycles. The van der Waals surface area contributed by atoms with Crippen LogP contribution < -0.4 is 31.9 Å². The zero-order chi connectivity index (χ0) is 20.1. The molecule has 0 aromatic carbocycles. The van der Waals surface area contributed by atoms with Crippen molar-refractivity contribution in [1.29, 1.82) is 0 Å². The molecule has 150 valence electrons. The number of carbonyl (C=O) groups is 5. The number of nitrogens with zero attached hydrogens (tertiary/aromatic N) is 2. The lowest BCUT2D eigenvalue weighted by Gasteiger charge is -2.22. The minimum atomic E-state index is -1.47. The Morgan fingerprint density at radius 1 is 0.963 bits per heavy atom. The van der Waals surface area contributed by atoms with Crippen molar-refractivity contribution in [1.82, 2.24) is 41.7 Å². The summed E-state index contributed by atoms with van der Waals surface area (Å²) in [4.78, 5) is 59.3. The van der Waals surface area contributed by atoms with Crippen LogP contribution in [0.2, 0.25) is 0 Å². The highest BCUT2D eigenvalue weighted by atomic mass is 16.3. The molecule has 8 amide bonds. The van der Waals surface area contributed by atoms with E-state index in [4.69, 9.17) is 10.2 Å². The number of rotatable bonds is 6. The number of hydrogen-bond acceptors (Lipinski definition) is 9. The molecule has 0 aromatic heterocycles. The highest BCUT2D eigenvalue weighted by molar-refractivity contribution is 6.05. The summed E-state index contributed by atoms with van der Waals surface area (Å²) in [5.74, 6) is -1.59. The highest BCUT2D eigenvalue weighted by Gasteiger charge is 2.40. The molecule has 0 aliphatic carbocycles. The summed E-state index contributed by atoms with van der Waals surface area (Å²) in [5.41, 5.74) is 0. The number of urea groups is 3. The van der Waals surface area contributed by atoms with Crippen molar-refractivity contribution in [3.63, 3.8) is 0 Å². The molecule has 2 rings (SSSR count). The number of hydrogen-bond donors (Lipinski definition) is 9. The van der Waals surface area contributed by atoms with Crippen LogP contribution in [0.4, 0.5) is 14.4 Å². The minimum absolute atomic E-state index is 0.435. The average molecular weight is 390 g/mol. The first-order valence-electron chi connectivity index (χ1n) is 7.44. The molecule has 3 atom stereocenters. The van der Waals surface area contributed by atoms with Crippen molar-refractivity contribution in [2.75, 3.05) is 20.1 Å². The van der Waals surface area contributed by atoms with E-state index in [1.165, 1.54) is 0 Å². The Labute approximate surface area is 150 Å². The molecule has 2 fully saturated rings. The van der Waals surface area contributed by atoms with Gasteiger partial charge in [-0.25, -0.2) is 19.3 Å². The Morgan fingerprint density at radius 3 is 2.11 bits per heavy atom. The second-order valence-corrected chi connectivity index (χ2v) is 5.23. The second kappa shape index (κ2) is 8.45. The summed E-state index contributed by atoms with van der Waals surface area (Å²) >= 11 is 0. The molecule has 16 heteroatoms. The van der Waals surface area contributed by atoms with Gasteiger partial charge >= 0.3 is 18.1 Å². The fraction of sp³-hybridized carbons (Fsp3) is 0.545. The first-order valence-corrected chi connectivity index (χ1v) is 7.44. The molecular formula is C11H18N8O8. The van der Waals surface area contributed by atoms with E-state index >= 15 is 0 Å². The SMILES string of the molecule is O=C(NCNC(=O)NC1C(=O)NC(O)N1CO)NC1C(=O)NC(=O)N1CO. The molecule has 0 spiro atoms. The van der Waals surface area contributed by atoms with Crippen molar-refractivity contribution in [3.8, 4) is 0 Å². The van der Waals surface area contributed by atoms with Gasteiger partial charge in [0.2, 0.25) is 0 Å². The van der Waals surface area contributed by atoms with Gasteiger partial charge in [0.1, 0.15) is 13.5 Å². The molecule has 0 aromatic rings. The summed E-state index contributed by atoms with van der Waals surface area (Å²) in [7, 11) is 0. The number of aliphatic hydroxyl groups excluding tert-OH is 3. The lowest BCUT2D eigenvalue weighted by molar-refractivity contribution is -0.123. The van der Waals surface area contributed by atoms with E-state index in [-0.39, 0.29) is 0 Å². The van der Waals surface area contributed by atoms with E-state index in [2.05, 4.69) is 26.6 Å². The minimum Gasteiger partial charge on any atom is -0.381 e. The molecule has 0 saturated carbocycles. The summed E-state index contributed by atoms with van der Waals surface area (Å²) in [6.07, 6.45) is -4.21. The predicted molar refractivity (Wildman–Crippen MR) is 81.3 cm³/mol. The molecule has 2 saturated heterocycles. The van der Waals surface area contributed by atoms with Crippen LogP contribution in [0.25, 0.3) is 0 Å². The van der Waals surface area contributed by atoms with Gasteiger partial charge in [-0.1, -0.05) is 0 Å². The molecule has 16 nitrogen and oxygen atoms in total. The normalized spacial score (nSPS) is 25.1. The fourth-order valence-corrected chi connectivity index (χ4v) is 2.24. The van der Waals surface area contributed by atoms with Gasteiger partial charge in [-0.05, 0) is 0 Å². The molecular weight excluding hydrogens is 372 g/mol. The Balaban J connectivity index is 1.75. The zero-order valence-corrected chi connectivity index (χ0v) is 13.6. The fourth-order valence-electron chi connectivity index (χ4n) is 2.24. The lowest BCUT2D eigenvalue weighted by atomic mass is 10.4. The van der Waals surface area contributed by atoms with Gasteiger partial charge in [-0.3, -0.25) is 19.8 Å². The molecule has 9 N–H and O–H groups in total. The van der Waals surface area contributed by atoms with Crippen molar-refractivity contribution < 1.29 is 39.3 Å². The van der Waals surface area contributed by atoms with Gasteiger partial charge in [-0.2, -0.15) is 0 Å². The summed E-state index contributed by atoms with van der Waals surface area (Å²) in [6, 6.07) is -2.72. The van der Waals surface area contributed by atoms with Crippen molar-refractivity contribution >= 4 is 29.9 Å². The van der Waals surface area contributed by atoms with Gasteiger partial charge in [0.15, 0.2) is 18.7 Å². The first-order chi connectivity index (χ1) is 12.8. The van der Waals surface area contributed by atoms with Crippen LogP contribution >= 0.6 is 0 Å². The quantitative estimate of drug-likeness (QED) is 0.155. The maximum Gasteiger partial charge on any atom is 0.328 e. The predicted octanol–water partition coefficient (Wildman–Crippen LogP) is -5.65. The third kappa shape index (κ3) is 4.50. The van der Waals surface area contributed by atoms with Crippen LogP contribution in [0.3, 0.4) is 0 Å². The monoisotopic (exact) mass is 390 g/mol.